The summed E-state index contributed by atoms with van der Waals surface area (Å²) in [5.74, 6) is 0.292. The molecule has 0 saturated carbocycles. The van der Waals surface area contributed by atoms with E-state index in [1.54, 1.807) is 12.1 Å². The summed E-state index contributed by atoms with van der Waals surface area (Å²) in [6.07, 6.45) is -4.61. The maximum absolute atomic E-state index is 14.6. The van der Waals surface area contributed by atoms with Gasteiger partial charge in [0.1, 0.15) is 17.6 Å². The minimum atomic E-state index is -1.98. The van der Waals surface area contributed by atoms with E-state index < -0.39 is 18.6 Å². The predicted molar refractivity (Wildman–Crippen MR) is 111 cm³/mol. The monoisotopic (exact) mass is 412 g/mol. The van der Waals surface area contributed by atoms with E-state index >= 15 is 0 Å². The van der Waals surface area contributed by atoms with E-state index in [0.29, 0.717) is 0 Å². The highest BCUT2D eigenvalue weighted by Gasteiger charge is 2.31. The number of halogens is 1. The number of phenols is 1. The van der Waals surface area contributed by atoms with Gasteiger partial charge in [-0.05, 0) is 23.3 Å². The van der Waals surface area contributed by atoms with Crippen molar-refractivity contribution in [1.29, 1.82) is 0 Å². The first-order valence-electron chi connectivity index (χ1n) is 9.67. The average molecular weight is 412 g/mol. The standard InChI is InChI=1S/C24H25FO5/c25-24(29-16-19-10-5-2-6-11-19)23(27)22(30-21-13-7-12-20(26)14-21)17-28-15-18-8-3-1-4-9-18/h1-14,22-24,26-27H,15-17H2. The van der Waals surface area contributed by atoms with Gasteiger partial charge in [0.2, 0.25) is 6.36 Å². The third-order valence-electron chi connectivity index (χ3n) is 4.40. The van der Waals surface area contributed by atoms with Crippen molar-refractivity contribution >= 4 is 0 Å². The Bertz CT molecular complexity index is 875. The molecule has 0 aromatic heterocycles. The molecular weight excluding hydrogens is 387 g/mol. The van der Waals surface area contributed by atoms with Crippen LogP contribution in [-0.4, -0.2) is 35.4 Å². The van der Waals surface area contributed by atoms with E-state index in [1.807, 2.05) is 60.7 Å². The van der Waals surface area contributed by atoms with Gasteiger partial charge in [-0.15, -0.1) is 0 Å². The van der Waals surface area contributed by atoms with Gasteiger partial charge in [-0.1, -0.05) is 66.7 Å². The first kappa shape index (κ1) is 21.8. The van der Waals surface area contributed by atoms with Crippen LogP contribution >= 0.6 is 0 Å². The first-order chi connectivity index (χ1) is 14.6. The molecule has 0 fully saturated rings. The Morgan fingerprint density at radius 2 is 1.43 bits per heavy atom. The van der Waals surface area contributed by atoms with Crippen molar-refractivity contribution in [3.63, 3.8) is 0 Å². The Labute approximate surface area is 175 Å². The van der Waals surface area contributed by atoms with E-state index in [1.165, 1.54) is 12.1 Å². The van der Waals surface area contributed by atoms with Crippen LogP contribution in [0, 0.1) is 0 Å². The van der Waals surface area contributed by atoms with Gasteiger partial charge in [-0.25, -0.2) is 4.39 Å². The molecule has 158 valence electrons. The largest absolute Gasteiger partial charge is 0.508 e. The van der Waals surface area contributed by atoms with Crippen molar-refractivity contribution in [2.45, 2.75) is 31.8 Å². The summed E-state index contributed by atoms with van der Waals surface area (Å²) in [5, 5.41) is 20.2. The number of rotatable bonds is 11. The average Bonchev–Trinajstić information content (AvgIpc) is 2.78. The van der Waals surface area contributed by atoms with Crippen LogP contribution in [0.4, 0.5) is 4.39 Å². The second-order valence-electron chi connectivity index (χ2n) is 6.79. The molecule has 3 rings (SSSR count). The molecule has 6 heteroatoms. The van der Waals surface area contributed by atoms with Gasteiger partial charge >= 0.3 is 0 Å². The molecule has 3 aromatic carbocycles. The van der Waals surface area contributed by atoms with E-state index in [0.717, 1.165) is 11.1 Å². The molecule has 30 heavy (non-hydrogen) atoms. The fourth-order valence-electron chi connectivity index (χ4n) is 2.82. The van der Waals surface area contributed by atoms with E-state index in [-0.39, 0.29) is 31.3 Å². The number of phenolic OH excluding ortho intramolecular Hbond substituents is 1. The lowest BCUT2D eigenvalue weighted by atomic mass is 10.2. The lowest BCUT2D eigenvalue weighted by Crippen LogP contribution is -2.43. The Morgan fingerprint density at radius 3 is 2.07 bits per heavy atom. The SMILES string of the molecule is Oc1cccc(OC(COCc2ccccc2)C(O)C(F)OCc2ccccc2)c1. The van der Waals surface area contributed by atoms with Gasteiger partial charge in [-0.3, -0.25) is 0 Å². The predicted octanol–water partition coefficient (Wildman–Crippen LogP) is 4.23. The van der Waals surface area contributed by atoms with Crippen LogP contribution in [0.1, 0.15) is 11.1 Å². The fraction of sp³-hybridized carbons (Fsp3) is 0.250. The molecule has 0 bridgehead atoms. The zero-order chi connectivity index (χ0) is 21.2. The molecule has 5 nitrogen and oxygen atoms in total. The Kier molecular flexibility index (Phi) is 8.20. The maximum atomic E-state index is 14.6. The highest BCUT2D eigenvalue weighted by molar-refractivity contribution is 5.32. The third-order valence-corrected chi connectivity index (χ3v) is 4.40. The molecule has 0 saturated heterocycles. The van der Waals surface area contributed by atoms with Crippen molar-refractivity contribution in [3.05, 3.63) is 96.1 Å². The van der Waals surface area contributed by atoms with Gasteiger partial charge in [0.15, 0.2) is 6.10 Å². The summed E-state index contributed by atoms with van der Waals surface area (Å²) in [5.41, 5.74) is 1.73. The van der Waals surface area contributed by atoms with Crippen LogP contribution in [-0.2, 0) is 22.7 Å². The molecule has 3 aromatic rings. The molecular formula is C24H25FO5. The molecule has 3 atom stereocenters. The van der Waals surface area contributed by atoms with Crippen LogP contribution < -0.4 is 4.74 Å². The van der Waals surface area contributed by atoms with Gasteiger partial charge in [0, 0.05) is 6.07 Å². The molecule has 3 unspecified atom stereocenters. The second-order valence-corrected chi connectivity index (χ2v) is 6.79. The summed E-state index contributed by atoms with van der Waals surface area (Å²) >= 11 is 0. The van der Waals surface area contributed by atoms with Crippen molar-refractivity contribution in [2.24, 2.45) is 0 Å². The summed E-state index contributed by atoms with van der Waals surface area (Å²) < 4.78 is 31.2. The summed E-state index contributed by atoms with van der Waals surface area (Å²) in [4.78, 5) is 0. The minimum Gasteiger partial charge on any atom is -0.508 e. The van der Waals surface area contributed by atoms with Crippen LogP contribution in [0.5, 0.6) is 11.5 Å². The van der Waals surface area contributed by atoms with Crippen LogP contribution in [0.25, 0.3) is 0 Å². The van der Waals surface area contributed by atoms with Crippen molar-refractivity contribution in [2.75, 3.05) is 6.61 Å². The van der Waals surface area contributed by atoms with Gasteiger partial charge in [0.25, 0.3) is 0 Å². The van der Waals surface area contributed by atoms with Gasteiger partial charge < -0.3 is 24.4 Å². The smallest absolute Gasteiger partial charge is 0.229 e. The Morgan fingerprint density at radius 1 is 0.800 bits per heavy atom. The van der Waals surface area contributed by atoms with E-state index in [9.17, 15) is 14.6 Å². The highest BCUT2D eigenvalue weighted by atomic mass is 19.1. The maximum Gasteiger partial charge on any atom is 0.229 e. The molecule has 0 amide bonds. The van der Waals surface area contributed by atoms with Crippen LogP contribution in [0.2, 0.25) is 0 Å². The van der Waals surface area contributed by atoms with E-state index in [4.69, 9.17) is 14.2 Å². The number of benzene rings is 3. The topological polar surface area (TPSA) is 68.2 Å². The Hall–Kier alpha value is -2.93. The molecule has 0 radical (unpaired) electrons. The highest BCUT2D eigenvalue weighted by Crippen LogP contribution is 2.22. The molecule has 0 spiro atoms. The number of hydrogen-bond acceptors (Lipinski definition) is 5. The van der Waals surface area contributed by atoms with Crippen molar-refractivity contribution in [3.8, 4) is 11.5 Å². The lowest BCUT2D eigenvalue weighted by Gasteiger charge is -2.26. The molecule has 0 aliphatic heterocycles. The summed E-state index contributed by atoms with van der Waals surface area (Å²) in [6.45, 7) is 0.235. The summed E-state index contributed by atoms with van der Waals surface area (Å²) in [7, 11) is 0. The van der Waals surface area contributed by atoms with Gasteiger partial charge in [0.05, 0.1) is 19.8 Å². The number of aliphatic hydroxyl groups excluding tert-OH is 1. The molecule has 0 aliphatic carbocycles. The number of ether oxygens (including phenoxy) is 3. The van der Waals surface area contributed by atoms with Crippen LogP contribution in [0.15, 0.2) is 84.9 Å². The lowest BCUT2D eigenvalue weighted by molar-refractivity contribution is -0.159. The van der Waals surface area contributed by atoms with Crippen LogP contribution in [0.3, 0.4) is 0 Å². The van der Waals surface area contributed by atoms with Gasteiger partial charge in [-0.2, -0.15) is 0 Å². The summed E-state index contributed by atoms with van der Waals surface area (Å²) in [6, 6.07) is 24.7. The quantitative estimate of drug-likeness (QED) is 0.493. The normalized spacial score (nSPS) is 14.1. The van der Waals surface area contributed by atoms with Crippen molar-refractivity contribution < 1.29 is 28.8 Å². The zero-order valence-electron chi connectivity index (χ0n) is 16.4. The fourth-order valence-corrected chi connectivity index (χ4v) is 2.82. The number of hydrogen-bond donors (Lipinski definition) is 2. The number of alkyl halides is 1. The third kappa shape index (κ3) is 6.84. The first-order valence-corrected chi connectivity index (χ1v) is 9.67. The molecule has 0 aliphatic rings. The van der Waals surface area contributed by atoms with Crippen molar-refractivity contribution in [1.82, 2.24) is 0 Å². The number of aromatic hydroxyl groups is 1. The molecule has 0 heterocycles. The number of aliphatic hydroxyl groups is 1. The Balaban J connectivity index is 1.61. The molecule has 2 N–H and O–H groups in total. The second kappa shape index (κ2) is 11.3. The zero-order valence-corrected chi connectivity index (χ0v) is 16.4. The minimum absolute atomic E-state index is 0.00284. The van der Waals surface area contributed by atoms with E-state index in [2.05, 4.69) is 0 Å².